The van der Waals surface area contributed by atoms with Crippen molar-refractivity contribution in [3.63, 3.8) is 0 Å². The van der Waals surface area contributed by atoms with Crippen molar-refractivity contribution >= 4 is 40.9 Å². The van der Waals surface area contributed by atoms with Gasteiger partial charge in [0.05, 0.1) is 29.0 Å². The second-order valence-corrected chi connectivity index (χ2v) is 9.20. The van der Waals surface area contributed by atoms with Crippen LogP contribution in [0.2, 0.25) is 0 Å². The zero-order valence-electron chi connectivity index (χ0n) is 20.6. The van der Waals surface area contributed by atoms with E-state index in [1.807, 2.05) is 24.0 Å². The molecule has 0 unspecified atom stereocenters. The number of benzene rings is 1. The molecule has 12 heteroatoms. The van der Waals surface area contributed by atoms with Crippen molar-refractivity contribution in [2.45, 2.75) is 26.3 Å². The van der Waals surface area contributed by atoms with E-state index in [4.69, 9.17) is 4.42 Å². The monoisotopic (exact) mass is 520 g/mol. The van der Waals surface area contributed by atoms with Gasteiger partial charge < -0.3 is 30.0 Å². The van der Waals surface area contributed by atoms with Gasteiger partial charge in [0.25, 0.3) is 5.91 Å². The summed E-state index contributed by atoms with van der Waals surface area (Å²) in [5, 5.41) is 17.5. The van der Waals surface area contributed by atoms with E-state index in [-0.39, 0.29) is 23.3 Å². The summed E-state index contributed by atoms with van der Waals surface area (Å²) < 4.78 is 14.5. The molecule has 0 bridgehead atoms. The molecule has 0 radical (unpaired) electrons. The number of carbonyl (C=O) groups is 1. The molecule has 1 aliphatic rings. The zero-order chi connectivity index (χ0) is 25.8. The maximum absolute atomic E-state index is 13.3. The highest BCUT2D eigenvalue weighted by Gasteiger charge is 2.26. The summed E-state index contributed by atoms with van der Waals surface area (Å²) in [5.74, 6) is 2.94. The number of hydrogen-bond donors (Lipinski definition) is 3. The minimum Gasteiger partial charge on any atom is -0.505 e. The lowest BCUT2D eigenvalue weighted by molar-refractivity contribution is 0.0743. The van der Waals surface area contributed by atoms with Crippen molar-refractivity contribution in [1.29, 1.82) is 0 Å². The average molecular weight is 521 g/mol. The third-order valence-electron chi connectivity index (χ3n) is 6.23. The van der Waals surface area contributed by atoms with E-state index < -0.39 is 0 Å². The highest BCUT2D eigenvalue weighted by atomic mass is 32.1. The molecule has 1 aromatic carbocycles. The molecule has 192 valence electrons. The van der Waals surface area contributed by atoms with E-state index in [0.29, 0.717) is 49.5 Å². The molecule has 1 fully saturated rings. The van der Waals surface area contributed by atoms with Crippen molar-refractivity contribution in [3.8, 4) is 5.75 Å². The van der Waals surface area contributed by atoms with Crippen LogP contribution in [0.4, 0.5) is 23.3 Å². The first-order valence-corrected chi connectivity index (χ1v) is 12.8. The van der Waals surface area contributed by atoms with Gasteiger partial charge in [-0.3, -0.25) is 4.79 Å². The molecule has 1 amide bonds. The Labute approximate surface area is 218 Å². The van der Waals surface area contributed by atoms with Gasteiger partial charge in [0, 0.05) is 38.6 Å². The summed E-state index contributed by atoms with van der Waals surface area (Å²) in [6.45, 7) is 6.19. The van der Waals surface area contributed by atoms with Crippen LogP contribution >= 0.6 is 11.7 Å². The number of aryl methyl sites for hydroxylation is 1. The Morgan fingerprint density at radius 2 is 1.84 bits per heavy atom. The molecule has 11 nitrogen and oxygen atoms in total. The van der Waals surface area contributed by atoms with Crippen LogP contribution in [0, 0.1) is 6.92 Å². The Kier molecular flexibility index (Phi) is 7.17. The van der Waals surface area contributed by atoms with Gasteiger partial charge in [0.2, 0.25) is 5.95 Å². The molecule has 4 heterocycles. The fourth-order valence-corrected chi connectivity index (χ4v) is 4.70. The molecule has 4 aromatic rings. The van der Waals surface area contributed by atoms with Gasteiger partial charge >= 0.3 is 0 Å². The summed E-state index contributed by atoms with van der Waals surface area (Å²) in [6, 6.07) is 10.6. The summed E-state index contributed by atoms with van der Waals surface area (Å²) in [4.78, 5) is 25.6. The van der Waals surface area contributed by atoms with Gasteiger partial charge in [0.1, 0.15) is 11.5 Å². The first-order chi connectivity index (χ1) is 18.0. The van der Waals surface area contributed by atoms with Crippen LogP contribution in [0.25, 0.3) is 0 Å². The van der Waals surface area contributed by atoms with E-state index in [1.165, 1.54) is 0 Å². The van der Waals surface area contributed by atoms with Crippen LogP contribution in [0.3, 0.4) is 0 Å². The van der Waals surface area contributed by atoms with Crippen LogP contribution in [-0.4, -0.2) is 60.8 Å². The molecular weight excluding hydrogens is 492 g/mol. The van der Waals surface area contributed by atoms with Gasteiger partial charge in [0.15, 0.2) is 17.4 Å². The SMILES string of the molecule is CC[C@@H](Nc1nsnc1Nc1cccc(C(=O)N2CCN(c3ncccn3)CC2)c1O)c1ccc(C)o1. The fraction of sp³-hybridized carbons (Fsp3) is 0.320. The Bertz CT molecular complexity index is 1350. The number of anilines is 4. The van der Waals surface area contributed by atoms with Gasteiger partial charge in [-0.05, 0) is 43.7 Å². The minimum absolute atomic E-state index is 0.0837. The van der Waals surface area contributed by atoms with Gasteiger partial charge in [-0.15, -0.1) is 0 Å². The van der Waals surface area contributed by atoms with Crippen LogP contribution in [-0.2, 0) is 0 Å². The number of nitrogens with one attached hydrogen (secondary N) is 2. The third-order valence-corrected chi connectivity index (χ3v) is 6.76. The van der Waals surface area contributed by atoms with Gasteiger partial charge in [-0.2, -0.15) is 8.75 Å². The van der Waals surface area contributed by atoms with Crippen LogP contribution in [0.5, 0.6) is 5.75 Å². The van der Waals surface area contributed by atoms with Crippen LogP contribution in [0.1, 0.15) is 41.3 Å². The highest BCUT2D eigenvalue weighted by molar-refractivity contribution is 6.99. The third kappa shape index (κ3) is 5.33. The number of aromatic hydroxyl groups is 1. The van der Waals surface area contributed by atoms with Crippen molar-refractivity contribution in [3.05, 3.63) is 65.9 Å². The Morgan fingerprint density at radius 3 is 2.54 bits per heavy atom. The normalized spacial score (nSPS) is 14.4. The molecule has 0 saturated carbocycles. The Hall–Kier alpha value is -4.19. The van der Waals surface area contributed by atoms with Gasteiger partial charge in [-0.1, -0.05) is 13.0 Å². The molecule has 1 aliphatic heterocycles. The van der Waals surface area contributed by atoms with E-state index in [9.17, 15) is 9.90 Å². The summed E-state index contributed by atoms with van der Waals surface area (Å²) in [5.41, 5.74) is 0.601. The maximum atomic E-state index is 13.3. The number of piperazine rings is 1. The first kappa shape index (κ1) is 24.5. The molecule has 0 aliphatic carbocycles. The number of rotatable bonds is 8. The minimum atomic E-state index is -0.233. The lowest BCUT2D eigenvalue weighted by atomic mass is 10.1. The Morgan fingerprint density at radius 1 is 1.08 bits per heavy atom. The number of para-hydroxylation sites is 1. The molecule has 3 aromatic heterocycles. The molecule has 5 rings (SSSR count). The topological polar surface area (TPSA) is 133 Å². The van der Waals surface area contributed by atoms with Gasteiger partial charge in [-0.25, -0.2) is 9.97 Å². The predicted octanol–water partition coefficient (Wildman–Crippen LogP) is 4.20. The number of phenolic OH excluding ortho intramolecular Hbond substituents is 1. The predicted molar refractivity (Wildman–Crippen MR) is 142 cm³/mol. The smallest absolute Gasteiger partial charge is 0.257 e. The molecular formula is C25H28N8O3S. The fourth-order valence-electron chi connectivity index (χ4n) is 4.22. The lowest BCUT2D eigenvalue weighted by Gasteiger charge is -2.34. The number of aromatic nitrogens is 4. The first-order valence-electron chi connectivity index (χ1n) is 12.1. The van der Waals surface area contributed by atoms with E-state index in [0.717, 1.165) is 29.7 Å². The van der Waals surface area contributed by atoms with Crippen LogP contribution in [0.15, 0.2) is 53.2 Å². The van der Waals surface area contributed by atoms with E-state index >= 15 is 0 Å². The summed E-state index contributed by atoms with van der Waals surface area (Å²) in [7, 11) is 0. The van der Waals surface area contributed by atoms with E-state index in [1.54, 1.807) is 41.6 Å². The number of furan rings is 1. The quantitative estimate of drug-likeness (QED) is 0.290. The molecule has 37 heavy (non-hydrogen) atoms. The van der Waals surface area contributed by atoms with Crippen molar-refractivity contribution in [2.24, 2.45) is 0 Å². The van der Waals surface area contributed by atoms with E-state index in [2.05, 4.69) is 36.3 Å². The number of hydrogen-bond acceptors (Lipinski definition) is 11. The second-order valence-electron chi connectivity index (χ2n) is 8.67. The zero-order valence-corrected chi connectivity index (χ0v) is 21.4. The second kappa shape index (κ2) is 10.8. The van der Waals surface area contributed by atoms with Crippen molar-refractivity contribution in [2.75, 3.05) is 41.7 Å². The lowest BCUT2D eigenvalue weighted by Crippen LogP contribution is -2.49. The number of amides is 1. The maximum Gasteiger partial charge on any atom is 0.257 e. The van der Waals surface area contributed by atoms with Crippen molar-refractivity contribution in [1.82, 2.24) is 23.6 Å². The van der Waals surface area contributed by atoms with Crippen LogP contribution < -0.4 is 15.5 Å². The summed E-state index contributed by atoms with van der Waals surface area (Å²) >= 11 is 1.05. The molecule has 1 saturated heterocycles. The molecule has 3 N–H and O–H groups in total. The number of phenols is 1. The van der Waals surface area contributed by atoms with Crippen molar-refractivity contribution < 1.29 is 14.3 Å². The largest absolute Gasteiger partial charge is 0.505 e. The number of carbonyl (C=O) groups excluding carboxylic acids is 1. The average Bonchev–Trinajstić information content (AvgIpc) is 3.57. The Balaban J connectivity index is 1.27. The molecule has 0 spiro atoms. The standard InChI is InChI=1S/C25H28N8O3S/c1-3-18(20-9-8-16(2)36-20)28-22-23(31-37-30-22)29-19-7-4-6-17(21(19)34)24(35)32-12-14-33(15-13-32)25-26-10-5-11-27-25/h4-11,18,34H,3,12-15H2,1-2H3,(H,28,30)(H,29,31)/t18-/m1/s1. The number of nitrogens with zero attached hydrogens (tertiary/aromatic N) is 6. The molecule has 1 atom stereocenters. The highest BCUT2D eigenvalue weighted by Crippen LogP contribution is 2.34. The summed E-state index contributed by atoms with van der Waals surface area (Å²) in [6.07, 6.45) is 4.19.